The molecule has 2 spiro atoms. The van der Waals surface area contributed by atoms with Crippen LogP contribution in [0.15, 0.2) is 65.1 Å². The molecule has 314 valence electrons. The molecule has 12 heteroatoms. The largest absolute Gasteiger partial charge is 0.495 e. The molecule has 2 fully saturated rings. The van der Waals surface area contributed by atoms with Crippen LogP contribution in [-0.2, 0) is 20.3 Å². The number of fused-ring (bicyclic) bond motifs is 6. The van der Waals surface area contributed by atoms with Crippen LogP contribution in [0.3, 0.4) is 0 Å². The Hall–Kier alpha value is -4.63. The van der Waals surface area contributed by atoms with Gasteiger partial charge in [-0.2, -0.15) is 5.26 Å². The summed E-state index contributed by atoms with van der Waals surface area (Å²) >= 11 is 16.8. The molecule has 0 atom stereocenters. The lowest BCUT2D eigenvalue weighted by atomic mass is 9.76. The highest BCUT2D eigenvalue weighted by atomic mass is 79.9. The maximum absolute atomic E-state index is 9.56. The summed E-state index contributed by atoms with van der Waals surface area (Å²) in [5.74, 6) is 1.27. The summed E-state index contributed by atoms with van der Waals surface area (Å²) in [4.78, 5) is 14.5. The van der Waals surface area contributed by atoms with Gasteiger partial charge in [0.25, 0.3) is 0 Å². The molecule has 0 bridgehead atoms. The number of rotatable bonds is 4. The number of pyridine rings is 2. The first kappa shape index (κ1) is 41.7. The number of nitriles is 1. The van der Waals surface area contributed by atoms with Crippen molar-refractivity contribution in [1.82, 2.24) is 9.97 Å². The number of hydrogen-bond acceptors (Lipinski definition) is 9. The molecule has 4 aliphatic heterocycles. The van der Waals surface area contributed by atoms with Crippen LogP contribution in [0.5, 0.6) is 11.5 Å². The molecule has 2 aromatic heterocycles. The molecule has 0 N–H and O–H groups in total. The first-order valence-electron chi connectivity index (χ1n) is 20.7. The standard InChI is InChI=1S/C25H24ClN3O2.C24H24BrClN2O2/c1-15-16(2)28-21-12-23(30-3)20(26)11-18(21)24(15)29-14-25(6-8-31-9-7-25)19-5-4-17(13-27)10-22(19)29;1-14-15(2)27-20-12-22(29-3)19(26)11-17(20)23(14)28-13-24(6-8-30-9-7-24)18-5-4-16(25)10-21(18)28/h4-5,10-12H,6-9,14H2,1-3H3;4-5,10-12H,6-9,13H2,1-3H3. The molecule has 0 unspecified atom stereocenters. The Morgan fingerprint density at radius 2 is 1.10 bits per heavy atom. The second-order valence-corrected chi connectivity index (χ2v) is 18.5. The molecule has 10 rings (SSSR count). The number of methoxy groups -OCH3 is 2. The lowest BCUT2D eigenvalue weighted by Gasteiger charge is -2.35. The van der Waals surface area contributed by atoms with Crippen LogP contribution in [0.2, 0.25) is 10.0 Å². The Bertz CT molecular complexity index is 2780. The highest BCUT2D eigenvalue weighted by molar-refractivity contribution is 9.10. The topological polar surface area (TPSA) is 93.0 Å². The van der Waals surface area contributed by atoms with E-state index in [0.717, 1.165) is 120 Å². The van der Waals surface area contributed by atoms with Gasteiger partial charge in [-0.15, -0.1) is 0 Å². The van der Waals surface area contributed by atoms with Gasteiger partial charge in [0.15, 0.2) is 0 Å². The summed E-state index contributed by atoms with van der Waals surface area (Å²) in [6.07, 6.45) is 4.01. The van der Waals surface area contributed by atoms with Crippen molar-refractivity contribution in [1.29, 1.82) is 5.26 Å². The third-order valence-electron chi connectivity index (χ3n) is 13.6. The number of aromatic nitrogens is 2. The molecular formula is C49H48BrCl2N5O4. The number of halogens is 3. The van der Waals surface area contributed by atoms with Crippen LogP contribution in [0, 0.1) is 39.0 Å². The predicted octanol–water partition coefficient (Wildman–Crippen LogP) is 12.1. The zero-order chi connectivity index (χ0) is 42.8. The predicted molar refractivity (Wildman–Crippen MR) is 248 cm³/mol. The average molecular weight is 922 g/mol. The normalized spacial score (nSPS) is 17.3. The maximum Gasteiger partial charge on any atom is 0.139 e. The third kappa shape index (κ3) is 7.07. The Kier molecular flexibility index (Phi) is 11.1. The van der Waals surface area contributed by atoms with Gasteiger partial charge in [0, 0.05) is 100 Å². The van der Waals surface area contributed by atoms with Crippen LogP contribution in [0.1, 0.15) is 64.9 Å². The molecule has 9 nitrogen and oxygen atoms in total. The van der Waals surface area contributed by atoms with Crippen molar-refractivity contribution in [2.75, 3.05) is 63.5 Å². The average Bonchev–Trinajstić information content (AvgIpc) is 3.72. The molecule has 61 heavy (non-hydrogen) atoms. The van der Waals surface area contributed by atoms with E-state index < -0.39 is 0 Å². The molecule has 6 aromatic rings. The lowest BCUT2D eigenvalue weighted by Crippen LogP contribution is -2.37. The Morgan fingerprint density at radius 3 is 1.54 bits per heavy atom. The second-order valence-electron chi connectivity index (χ2n) is 16.8. The fourth-order valence-corrected chi connectivity index (χ4v) is 10.9. The van der Waals surface area contributed by atoms with E-state index in [9.17, 15) is 5.26 Å². The van der Waals surface area contributed by atoms with Gasteiger partial charge in [-0.05, 0) is 112 Å². The van der Waals surface area contributed by atoms with E-state index in [-0.39, 0.29) is 10.8 Å². The summed E-state index contributed by atoms with van der Waals surface area (Å²) in [6, 6.07) is 22.9. The Morgan fingerprint density at radius 1 is 0.656 bits per heavy atom. The zero-order valence-electron chi connectivity index (χ0n) is 35.3. The quantitative estimate of drug-likeness (QED) is 0.171. The molecule has 2 saturated heterocycles. The molecule has 4 aromatic carbocycles. The van der Waals surface area contributed by atoms with E-state index in [0.29, 0.717) is 27.1 Å². The Labute approximate surface area is 375 Å². The van der Waals surface area contributed by atoms with E-state index in [1.54, 1.807) is 14.2 Å². The third-order valence-corrected chi connectivity index (χ3v) is 14.7. The van der Waals surface area contributed by atoms with Crippen molar-refractivity contribution in [2.45, 2.75) is 64.2 Å². The van der Waals surface area contributed by atoms with Gasteiger partial charge in [-0.1, -0.05) is 51.3 Å². The summed E-state index contributed by atoms with van der Waals surface area (Å²) < 4.78 is 23.4. The number of benzene rings is 4. The van der Waals surface area contributed by atoms with Crippen molar-refractivity contribution in [3.8, 4) is 17.6 Å². The van der Waals surface area contributed by atoms with E-state index >= 15 is 0 Å². The minimum atomic E-state index is 0.0216. The van der Waals surface area contributed by atoms with Crippen LogP contribution < -0.4 is 19.3 Å². The van der Waals surface area contributed by atoms with E-state index in [2.05, 4.69) is 76.8 Å². The van der Waals surface area contributed by atoms with Crippen LogP contribution >= 0.6 is 39.1 Å². The molecule has 6 heterocycles. The number of aryl methyl sites for hydroxylation is 2. The van der Waals surface area contributed by atoms with Crippen molar-refractivity contribution in [3.63, 3.8) is 0 Å². The SMILES string of the molecule is COc1cc2nc(C)c(C)c(N3CC4(CCOCC4)c4ccc(Br)cc43)c2cc1Cl.COc1cc2nc(C)c(C)c(N3CC4(CCOCC4)c4ccc(C#N)cc43)c2cc1Cl. The van der Waals surface area contributed by atoms with Gasteiger partial charge in [0.05, 0.1) is 58.3 Å². The van der Waals surface area contributed by atoms with Crippen LogP contribution in [0.4, 0.5) is 22.7 Å². The van der Waals surface area contributed by atoms with Gasteiger partial charge in [-0.25, -0.2) is 0 Å². The van der Waals surface area contributed by atoms with Gasteiger partial charge in [0.1, 0.15) is 11.5 Å². The molecule has 0 radical (unpaired) electrons. The minimum Gasteiger partial charge on any atom is -0.495 e. The summed E-state index contributed by atoms with van der Waals surface area (Å²) in [5.41, 5.74) is 14.2. The number of ether oxygens (including phenoxy) is 4. The highest BCUT2D eigenvalue weighted by Gasteiger charge is 2.46. The van der Waals surface area contributed by atoms with E-state index in [1.165, 1.54) is 28.1 Å². The number of nitrogens with zero attached hydrogens (tertiary/aromatic N) is 5. The van der Waals surface area contributed by atoms with E-state index in [4.69, 9.17) is 52.1 Å². The fraction of sp³-hybridized carbons (Fsp3) is 0.367. The van der Waals surface area contributed by atoms with Crippen molar-refractivity contribution >= 4 is 83.7 Å². The molecule has 0 saturated carbocycles. The summed E-state index contributed by atoms with van der Waals surface area (Å²) in [6.45, 7) is 13.3. The van der Waals surface area contributed by atoms with Crippen LogP contribution in [0.25, 0.3) is 21.8 Å². The van der Waals surface area contributed by atoms with Gasteiger partial charge < -0.3 is 28.7 Å². The summed E-state index contributed by atoms with van der Waals surface area (Å²) in [5, 5.41) is 12.8. The number of hydrogen-bond donors (Lipinski definition) is 0. The summed E-state index contributed by atoms with van der Waals surface area (Å²) in [7, 11) is 3.25. The first-order chi connectivity index (χ1) is 29.4. The smallest absolute Gasteiger partial charge is 0.139 e. The van der Waals surface area contributed by atoms with Crippen molar-refractivity contribution in [3.05, 3.63) is 114 Å². The van der Waals surface area contributed by atoms with E-state index in [1.807, 2.05) is 43.3 Å². The maximum atomic E-state index is 9.56. The second kappa shape index (κ2) is 16.2. The molecule has 0 amide bonds. The van der Waals surface area contributed by atoms with Gasteiger partial charge in [-0.3, -0.25) is 9.97 Å². The molecule has 0 aliphatic carbocycles. The lowest BCUT2D eigenvalue weighted by molar-refractivity contribution is 0.0557. The monoisotopic (exact) mass is 919 g/mol. The fourth-order valence-electron chi connectivity index (χ4n) is 10.1. The molecular weight excluding hydrogens is 873 g/mol. The van der Waals surface area contributed by atoms with Crippen molar-refractivity contribution in [2.24, 2.45) is 0 Å². The number of anilines is 4. The van der Waals surface area contributed by atoms with Gasteiger partial charge >= 0.3 is 0 Å². The van der Waals surface area contributed by atoms with Gasteiger partial charge in [0.2, 0.25) is 0 Å². The first-order valence-corrected chi connectivity index (χ1v) is 22.3. The minimum absolute atomic E-state index is 0.0216. The Balaban J connectivity index is 0.000000156. The van der Waals surface area contributed by atoms with Crippen molar-refractivity contribution < 1.29 is 18.9 Å². The molecule has 4 aliphatic rings. The highest BCUT2D eigenvalue weighted by Crippen LogP contribution is 2.54. The van der Waals surface area contributed by atoms with Crippen LogP contribution in [-0.4, -0.2) is 63.7 Å². The zero-order valence-corrected chi connectivity index (χ0v) is 38.4.